The summed E-state index contributed by atoms with van der Waals surface area (Å²) in [6.45, 7) is -2.91. The standard InChI is InChI=1S/C13H15F2N3O4S/c1-16-13(19)17-18-23(20,21)11-5-3-8-6-10(22-12(14)15)4-2-9(8)7-11/h2,4,6-7,12,18H,3,5H2,1H3,(H2,16,17,19). The zero-order chi connectivity index (χ0) is 17.0. The van der Waals surface area contributed by atoms with Gasteiger partial charge < -0.3 is 10.1 Å². The number of rotatable bonds is 5. The average Bonchev–Trinajstić information content (AvgIpc) is 2.51. The Kier molecular flexibility index (Phi) is 5.16. The Hall–Kier alpha value is -2.20. The molecule has 23 heavy (non-hydrogen) atoms. The maximum atomic E-state index is 12.2. The van der Waals surface area contributed by atoms with E-state index in [-0.39, 0.29) is 17.1 Å². The molecule has 1 aliphatic carbocycles. The summed E-state index contributed by atoms with van der Waals surface area (Å²) in [7, 11) is -2.53. The van der Waals surface area contributed by atoms with Crippen molar-refractivity contribution in [3.8, 4) is 5.75 Å². The van der Waals surface area contributed by atoms with Gasteiger partial charge in [-0.1, -0.05) is 6.07 Å². The molecule has 126 valence electrons. The van der Waals surface area contributed by atoms with Crippen LogP contribution in [0, 0.1) is 0 Å². The fourth-order valence-electron chi connectivity index (χ4n) is 2.07. The van der Waals surface area contributed by atoms with E-state index in [1.54, 1.807) is 0 Å². The molecule has 7 nitrogen and oxygen atoms in total. The summed E-state index contributed by atoms with van der Waals surface area (Å²) in [5.41, 5.74) is 3.30. The molecule has 0 saturated carbocycles. The van der Waals surface area contributed by atoms with Gasteiger partial charge in [-0.2, -0.15) is 8.78 Å². The number of carbonyl (C=O) groups is 1. The number of hydrogen-bond acceptors (Lipinski definition) is 4. The van der Waals surface area contributed by atoms with Crippen LogP contribution in [0.1, 0.15) is 17.5 Å². The molecule has 0 spiro atoms. The van der Waals surface area contributed by atoms with Crippen molar-refractivity contribution in [3.05, 3.63) is 34.2 Å². The zero-order valence-electron chi connectivity index (χ0n) is 12.1. The number of benzene rings is 1. The minimum atomic E-state index is -3.87. The SMILES string of the molecule is CNC(=O)NNS(=O)(=O)C1=Cc2ccc(OC(F)F)cc2CC1. The third-order valence-corrected chi connectivity index (χ3v) is 4.55. The van der Waals surface area contributed by atoms with Crippen LogP contribution in [0.2, 0.25) is 0 Å². The monoisotopic (exact) mass is 347 g/mol. The summed E-state index contributed by atoms with van der Waals surface area (Å²) >= 11 is 0. The minimum absolute atomic E-state index is 0.0258. The van der Waals surface area contributed by atoms with E-state index in [9.17, 15) is 22.0 Å². The number of ether oxygens (including phenoxy) is 1. The Morgan fingerprint density at radius 2 is 2.04 bits per heavy atom. The van der Waals surface area contributed by atoms with Gasteiger partial charge in [0.1, 0.15) is 5.75 Å². The van der Waals surface area contributed by atoms with Gasteiger partial charge in [-0.25, -0.2) is 13.2 Å². The van der Waals surface area contributed by atoms with Crippen LogP contribution in [0.3, 0.4) is 0 Å². The molecule has 3 N–H and O–H groups in total. The number of fused-ring (bicyclic) bond motifs is 1. The normalized spacial score (nSPS) is 14.0. The van der Waals surface area contributed by atoms with E-state index in [0.29, 0.717) is 17.5 Å². The lowest BCUT2D eigenvalue weighted by molar-refractivity contribution is -0.0498. The molecule has 0 radical (unpaired) electrons. The first-order chi connectivity index (χ1) is 10.8. The molecule has 0 fully saturated rings. The van der Waals surface area contributed by atoms with Gasteiger partial charge in [0.2, 0.25) is 0 Å². The molecule has 10 heteroatoms. The minimum Gasteiger partial charge on any atom is -0.435 e. The van der Waals surface area contributed by atoms with Gasteiger partial charge in [-0.15, -0.1) is 4.83 Å². The highest BCUT2D eigenvalue weighted by molar-refractivity contribution is 7.93. The van der Waals surface area contributed by atoms with Crippen molar-refractivity contribution in [1.82, 2.24) is 15.6 Å². The number of aryl methyl sites for hydroxylation is 1. The van der Waals surface area contributed by atoms with Gasteiger partial charge in [0.15, 0.2) is 0 Å². The Morgan fingerprint density at radius 3 is 2.70 bits per heavy atom. The van der Waals surface area contributed by atoms with Gasteiger partial charge in [-0.3, -0.25) is 5.43 Å². The van der Waals surface area contributed by atoms with Crippen LogP contribution in [0.5, 0.6) is 5.75 Å². The summed E-state index contributed by atoms with van der Waals surface area (Å²) in [6.07, 6.45) is 1.96. The molecule has 0 atom stereocenters. The first-order valence-electron chi connectivity index (χ1n) is 6.59. The first kappa shape index (κ1) is 17.2. The summed E-state index contributed by atoms with van der Waals surface area (Å²) in [6, 6.07) is 3.61. The number of halogens is 2. The van der Waals surface area contributed by atoms with Gasteiger partial charge in [0.05, 0.1) is 4.91 Å². The molecule has 2 amide bonds. The molecule has 0 aromatic heterocycles. The van der Waals surface area contributed by atoms with Crippen molar-refractivity contribution in [2.75, 3.05) is 7.05 Å². The lowest BCUT2D eigenvalue weighted by Crippen LogP contribution is -2.46. The van der Waals surface area contributed by atoms with Crippen LogP contribution in [-0.4, -0.2) is 28.1 Å². The summed E-state index contributed by atoms with van der Waals surface area (Å²) < 4.78 is 52.9. The van der Waals surface area contributed by atoms with Crippen LogP contribution in [-0.2, 0) is 16.4 Å². The lowest BCUT2D eigenvalue weighted by atomic mass is 9.97. The van der Waals surface area contributed by atoms with Crippen LogP contribution >= 0.6 is 0 Å². The Labute approximate surface area is 131 Å². The molecule has 0 aliphatic heterocycles. The van der Waals surface area contributed by atoms with Crippen molar-refractivity contribution in [3.63, 3.8) is 0 Å². The summed E-state index contributed by atoms with van der Waals surface area (Å²) in [4.78, 5) is 13.1. The van der Waals surface area contributed by atoms with E-state index in [4.69, 9.17) is 0 Å². The Balaban J connectivity index is 2.18. The number of amides is 2. The smallest absolute Gasteiger partial charge is 0.387 e. The second-order valence-corrected chi connectivity index (χ2v) is 6.39. The maximum Gasteiger partial charge on any atom is 0.387 e. The first-order valence-corrected chi connectivity index (χ1v) is 8.08. The number of urea groups is 1. The summed E-state index contributed by atoms with van der Waals surface area (Å²) in [5.74, 6) is 0.0258. The van der Waals surface area contributed by atoms with Gasteiger partial charge in [0.25, 0.3) is 10.0 Å². The van der Waals surface area contributed by atoms with Crippen molar-refractivity contribution >= 4 is 22.1 Å². The quantitative estimate of drug-likeness (QED) is 0.700. The average molecular weight is 347 g/mol. The van der Waals surface area contributed by atoms with Crippen LogP contribution in [0.25, 0.3) is 6.08 Å². The molecule has 0 saturated heterocycles. The third kappa shape index (κ3) is 4.39. The summed E-state index contributed by atoms with van der Waals surface area (Å²) in [5, 5.41) is 2.21. The predicted molar refractivity (Wildman–Crippen MR) is 79.0 cm³/mol. The van der Waals surface area contributed by atoms with E-state index in [1.807, 2.05) is 10.3 Å². The highest BCUT2D eigenvalue weighted by atomic mass is 32.2. The van der Waals surface area contributed by atoms with Gasteiger partial charge >= 0.3 is 12.6 Å². The molecule has 1 aromatic rings. The maximum absolute atomic E-state index is 12.2. The topological polar surface area (TPSA) is 96.5 Å². The Bertz CT molecular complexity index is 735. The fraction of sp³-hybridized carbons (Fsp3) is 0.308. The lowest BCUT2D eigenvalue weighted by Gasteiger charge is -2.18. The second-order valence-electron chi connectivity index (χ2n) is 4.66. The number of hydrogen-bond donors (Lipinski definition) is 3. The van der Waals surface area contributed by atoms with Crippen molar-refractivity contribution in [2.45, 2.75) is 19.5 Å². The number of hydrazine groups is 1. The molecule has 0 unspecified atom stereocenters. The molecular formula is C13H15F2N3O4S. The molecule has 0 heterocycles. The number of alkyl halides is 2. The largest absolute Gasteiger partial charge is 0.435 e. The number of sulfonamides is 1. The molecule has 2 rings (SSSR count). The van der Waals surface area contributed by atoms with Crippen molar-refractivity contribution in [1.29, 1.82) is 0 Å². The van der Waals surface area contributed by atoms with Gasteiger partial charge in [-0.05, 0) is 42.2 Å². The van der Waals surface area contributed by atoms with Gasteiger partial charge in [0, 0.05) is 7.05 Å². The molecule has 1 aliphatic rings. The molecule has 1 aromatic carbocycles. The number of carbonyl (C=O) groups excluding carboxylic acids is 1. The van der Waals surface area contributed by atoms with Crippen molar-refractivity contribution < 1.29 is 26.7 Å². The predicted octanol–water partition coefficient (Wildman–Crippen LogP) is 1.34. The molecular weight excluding hydrogens is 332 g/mol. The number of allylic oxidation sites excluding steroid dienone is 1. The van der Waals surface area contributed by atoms with E-state index in [1.165, 1.54) is 31.3 Å². The highest BCUT2D eigenvalue weighted by Crippen LogP contribution is 2.29. The van der Waals surface area contributed by atoms with Crippen LogP contribution in [0.4, 0.5) is 13.6 Å². The van der Waals surface area contributed by atoms with E-state index < -0.39 is 22.7 Å². The van der Waals surface area contributed by atoms with E-state index >= 15 is 0 Å². The van der Waals surface area contributed by atoms with Crippen LogP contribution < -0.4 is 20.3 Å². The third-order valence-electron chi connectivity index (χ3n) is 3.17. The fourth-order valence-corrected chi connectivity index (χ4v) is 3.08. The highest BCUT2D eigenvalue weighted by Gasteiger charge is 2.22. The molecule has 0 bridgehead atoms. The zero-order valence-corrected chi connectivity index (χ0v) is 12.9. The van der Waals surface area contributed by atoms with E-state index in [2.05, 4.69) is 10.1 Å². The second kappa shape index (κ2) is 6.92. The van der Waals surface area contributed by atoms with Crippen LogP contribution in [0.15, 0.2) is 23.1 Å². The van der Waals surface area contributed by atoms with Crippen molar-refractivity contribution in [2.24, 2.45) is 0 Å². The number of nitrogens with one attached hydrogen (secondary N) is 3. The Morgan fingerprint density at radius 1 is 1.30 bits per heavy atom. The van der Waals surface area contributed by atoms with E-state index in [0.717, 1.165) is 0 Å².